The van der Waals surface area contributed by atoms with Crippen LogP contribution in [0.25, 0.3) is 10.9 Å². The van der Waals surface area contributed by atoms with Crippen molar-refractivity contribution >= 4 is 22.5 Å². The highest BCUT2D eigenvalue weighted by Crippen LogP contribution is 2.31. The summed E-state index contributed by atoms with van der Waals surface area (Å²) in [6.45, 7) is 2.67. The fraction of sp³-hybridized carbons (Fsp3) is 0.444. The zero-order valence-electron chi connectivity index (χ0n) is 19.5. The molecule has 5 heteroatoms. The van der Waals surface area contributed by atoms with Crippen LogP contribution in [0.1, 0.15) is 56.1 Å². The van der Waals surface area contributed by atoms with Crippen molar-refractivity contribution in [2.24, 2.45) is 0 Å². The molecule has 2 atom stereocenters. The molecule has 0 radical (unpaired) electrons. The Morgan fingerprint density at radius 3 is 2.50 bits per heavy atom. The van der Waals surface area contributed by atoms with Crippen LogP contribution in [0.15, 0.2) is 54.7 Å². The number of hydrogen-bond acceptors (Lipinski definition) is 3. The van der Waals surface area contributed by atoms with Gasteiger partial charge in [-0.05, 0) is 49.1 Å². The summed E-state index contributed by atoms with van der Waals surface area (Å²) in [6, 6.07) is 17.3. The van der Waals surface area contributed by atoms with Gasteiger partial charge in [0.2, 0.25) is 5.91 Å². The molecule has 2 aromatic carbocycles. The first-order valence-electron chi connectivity index (χ1n) is 11.9. The van der Waals surface area contributed by atoms with Crippen LogP contribution in [0.2, 0.25) is 0 Å². The first-order valence-corrected chi connectivity index (χ1v) is 11.9. The summed E-state index contributed by atoms with van der Waals surface area (Å²) in [5.41, 5.74) is 4.82. The van der Waals surface area contributed by atoms with Gasteiger partial charge in [-0.25, -0.2) is 0 Å². The number of rotatable bonds is 8. The van der Waals surface area contributed by atoms with Gasteiger partial charge in [0.15, 0.2) is 0 Å². The van der Waals surface area contributed by atoms with Gasteiger partial charge in [-0.3, -0.25) is 4.79 Å². The lowest BCUT2D eigenvalue weighted by Gasteiger charge is -2.26. The summed E-state index contributed by atoms with van der Waals surface area (Å²) in [5, 5.41) is 8.01. The second-order valence-electron chi connectivity index (χ2n) is 9.30. The first kappa shape index (κ1) is 22.4. The maximum absolute atomic E-state index is 12.8. The summed E-state index contributed by atoms with van der Waals surface area (Å²) in [4.78, 5) is 18.3. The Bertz CT molecular complexity index is 1020. The number of H-pyrrole nitrogens is 1. The highest BCUT2D eigenvalue weighted by Gasteiger charge is 2.23. The quantitative estimate of drug-likeness (QED) is 0.479. The van der Waals surface area contributed by atoms with E-state index in [0.717, 1.165) is 18.4 Å². The fourth-order valence-electron chi connectivity index (χ4n) is 4.75. The number of amides is 1. The Hall–Kier alpha value is -2.79. The molecule has 5 nitrogen and oxygen atoms in total. The van der Waals surface area contributed by atoms with Gasteiger partial charge in [0.25, 0.3) is 0 Å². The zero-order chi connectivity index (χ0) is 22.5. The lowest BCUT2D eigenvalue weighted by molar-refractivity contribution is -0.123. The molecule has 1 aliphatic carbocycles. The van der Waals surface area contributed by atoms with Crippen molar-refractivity contribution in [1.29, 1.82) is 0 Å². The Morgan fingerprint density at radius 1 is 1.06 bits per heavy atom. The summed E-state index contributed by atoms with van der Waals surface area (Å²) < 4.78 is 0. The van der Waals surface area contributed by atoms with E-state index in [1.54, 1.807) is 0 Å². The highest BCUT2D eigenvalue weighted by atomic mass is 16.2. The molecular weight excluding hydrogens is 396 g/mol. The first-order chi connectivity index (χ1) is 15.5. The molecule has 1 saturated carbocycles. The molecule has 0 saturated heterocycles. The third-order valence-electron chi connectivity index (χ3n) is 6.78. The number of carbonyl (C=O) groups excluding carboxylic acids is 1. The number of nitrogens with zero attached hydrogens (tertiary/aromatic N) is 1. The molecule has 3 N–H and O–H groups in total. The van der Waals surface area contributed by atoms with Gasteiger partial charge in [0.05, 0.1) is 6.04 Å². The maximum atomic E-state index is 12.8. The van der Waals surface area contributed by atoms with Crippen molar-refractivity contribution < 1.29 is 4.79 Å². The molecule has 0 aliphatic heterocycles. The molecule has 0 unspecified atom stereocenters. The van der Waals surface area contributed by atoms with Gasteiger partial charge in [0, 0.05) is 55.4 Å². The number of aromatic nitrogens is 1. The van der Waals surface area contributed by atoms with Crippen LogP contribution < -0.4 is 15.5 Å². The van der Waals surface area contributed by atoms with Crippen molar-refractivity contribution in [3.8, 4) is 0 Å². The monoisotopic (exact) mass is 432 g/mol. The number of hydrogen-bond donors (Lipinski definition) is 3. The number of anilines is 1. The van der Waals surface area contributed by atoms with Crippen molar-refractivity contribution in [1.82, 2.24) is 15.6 Å². The molecule has 170 valence electrons. The van der Waals surface area contributed by atoms with Gasteiger partial charge < -0.3 is 20.5 Å². The Kier molecular flexibility index (Phi) is 7.15. The molecule has 0 spiro atoms. The van der Waals surface area contributed by atoms with E-state index in [1.807, 2.05) is 6.92 Å². The second kappa shape index (κ2) is 10.2. The molecule has 1 amide bonds. The van der Waals surface area contributed by atoms with E-state index in [0.29, 0.717) is 12.6 Å². The van der Waals surface area contributed by atoms with Crippen LogP contribution in [0.4, 0.5) is 5.69 Å². The highest BCUT2D eigenvalue weighted by molar-refractivity contribution is 5.84. The molecular formula is C27H36N4O. The summed E-state index contributed by atoms with van der Waals surface area (Å²) in [5.74, 6) is 0.254. The number of benzene rings is 2. The fourth-order valence-corrected chi connectivity index (χ4v) is 4.75. The smallest absolute Gasteiger partial charge is 0.237 e. The third kappa shape index (κ3) is 5.16. The average molecular weight is 433 g/mol. The second-order valence-corrected chi connectivity index (χ2v) is 9.30. The van der Waals surface area contributed by atoms with Crippen molar-refractivity contribution in [3.05, 3.63) is 65.9 Å². The van der Waals surface area contributed by atoms with Gasteiger partial charge in [-0.2, -0.15) is 0 Å². The molecule has 1 fully saturated rings. The molecule has 1 aliphatic rings. The summed E-state index contributed by atoms with van der Waals surface area (Å²) >= 11 is 0. The lowest BCUT2D eigenvalue weighted by atomic mass is 9.90. The van der Waals surface area contributed by atoms with Crippen LogP contribution in [-0.2, 0) is 4.79 Å². The number of fused-ring (bicyclic) bond motifs is 1. The molecule has 0 bridgehead atoms. The van der Waals surface area contributed by atoms with Crippen molar-refractivity contribution in [2.75, 3.05) is 25.5 Å². The minimum absolute atomic E-state index is 0.109. The predicted molar refractivity (Wildman–Crippen MR) is 133 cm³/mol. The molecule has 4 rings (SSSR count). The van der Waals surface area contributed by atoms with Gasteiger partial charge in [0.1, 0.15) is 0 Å². The summed E-state index contributed by atoms with van der Waals surface area (Å²) in [6.07, 6.45) is 8.06. The number of carbonyl (C=O) groups is 1. The van der Waals surface area contributed by atoms with Crippen LogP contribution in [0.3, 0.4) is 0 Å². The van der Waals surface area contributed by atoms with E-state index in [-0.39, 0.29) is 17.9 Å². The summed E-state index contributed by atoms with van der Waals surface area (Å²) in [7, 11) is 4.11. The third-order valence-corrected chi connectivity index (χ3v) is 6.78. The van der Waals surface area contributed by atoms with Crippen molar-refractivity contribution in [2.45, 2.75) is 57.0 Å². The van der Waals surface area contributed by atoms with Crippen LogP contribution in [0, 0.1) is 0 Å². The van der Waals surface area contributed by atoms with Gasteiger partial charge in [-0.15, -0.1) is 0 Å². The predicted octanol–water partition coefficient (Wildman–Crippen LogP) is 4.79. The van der Waals surface area contributed by atoms with Gasteiger partial charge >= 0.3 is 0 Å². The Labute approximate surface area is 191 Å². The van der Waals surface area contributed by atoms with E-state index in [1.165, 1.54) is 41.5 Å². The Morgan fingerprint density at radius 2 is 1.78 bits per heavy atom. The van der Waals surface area contributed by atoms with E-state index in [9.17, 15) is 4.79 Å². The Balaban J connectivity index is 1.52. The van der Waals surface area contributed by atoms with Crippen molar-refractivity contribution in [3.63, 3.8) is 0 Å². The zero-order valence-corrected chi connectivity index (χ0v) is 19.5. The van der Waals surface area contributed by atoms with Gasteiger partial charge in [-0.1, -0.05) is 49.6 Å². The van der Waals surface area contributed by atoms with E-state index in [2.05, 4.69) is 89.3 Å². The van der Waals surface area contributed by atoms with Crippen LogP contribution in [0.5, 0.6) is 0 Å². The lowest BCUT2D eigenvalue weighted by Crippen LogP contribution is -2.47. The number of para-hydroxylation sites is 1. The largest absolute Gasteiger partial charge is 0.378 e. The standard InChI is InChI=1S/C27H36N4O/c1-19(27(32)30-21-9-5-4-6-10-21)28-17-24(20-13-15-22(16-14-20)31(2)3)25-18-29-26-12-8-7-11-23(25)26/h7-8,11-16,18-19,21,24,28-29H,4-6,9-10,17H2,1-3H3,(H,30,32)/t19-,24+/m0/s1. The average Bonchev–Trinajstić information content (AvgIpc) is 3.24. The van der Waals surface area contributed by atoms with E-state index >= 15 is 0 Å². The van der Waals surface area contributed by atoms with Crippen LogP contribution in [-0.4, -0.2) is 43.6 Å². The van der Waals surface area contributed by atoms with Crippen LogP contribution >= 0.6 is 0 Å². The van der Waals surface area contributed by atoms with E-state index in [4.69, 9.17) is 0 Å². The molecule has 3 aromatic rings. The minimum atomic E-state index is -0.231. The molecule has 1 heterocycles. The maximum Gasteiger partial charge on any atom is 0.237 e. The van der Waals surface area contributed by atoms with E-state index < -0.39 is 0 Å². The molecule has 1 aromatic heterocycles. The SMILES string of the molecule is C[C@H](NC[C@H](c1ccc(N(C)C)cc1)c1c[nH]c2ccccc12)C(=O)NC1CCCCC1. The number of aromatic amines is 1. The number of nitrogens with one attached hydrogen (secondary N) is 3. The topological polar surface area (TPSA) is 60.2 Å². The molecule has 32 heavy (non-hydrogen) atoms. The normalized spacial score (nSPS) is 16.6. The minimum Gasteiger partial charge on any atom is -0.378 e.